The molecule has 1 amide bonds. The van der Waals surface area contributed by atoms with Gasteiger partial charge in [-0.1, -0.05) is 26.7 Å². The van der Waals surface area contributed by atoms with Gasteiger partial charge in [0.15, 0.2) is 0 Å². The van der Waals surface area contributed by atoms with Crippen molar-refractivity contribution in [1.29, 1.82) is 0 Å². The Morgan fingerprint density at radius 2 is 1.90 bits per heavy atom. The molecule has 1 saturated carbocycles. The first kappa shape index (κ1) is 17.0. The van der Waals surface area contributed by atoms with E-state index in [0.29, 0.717) is 18.8 Å². The van der Waals surface area contributed by atoms with Crippen LogP contribution in [0.1, 0.15) is 46.5 Å². The molecule has 5 nitrogen and oxygen atoms in total. The standard InChI is InChI=1S/C15H28N2O3/c1-5-10(6-2)14(17-9(3)18)12-7-11(8-13(12)16)15(19)20-4/h10-14H,5-8,16H2,1-4H3,(H,17,18)/t11-,12-,13-,14?/m1/s1. The first-order valence-electron chi connectivity index (χ1n) is 7.55. The number of hydrogen-bond donors (Lipinski definition) is 2. The summed E-state index contributed by atoms with van der Waals surface area (Å²) in [5.74, 6) is 0.189. The zero-order valence-corrected chi connectivity index (χ0v) is 13.0. The van der Waals surface area contributed by atoms with Gasteiger partial charge in [-0.25, -0.2) is 0 Å². The third-order valence-electron chi connectivity index (χ3n) is 4.59. The van der Waals surface area contributed by atoms with Crippen molar-refractivity contribution in [1.82, 2.24) is 5.32 Å². The van der Waals surface area contributed by atoms with Crippen LogP contribution in [0.25, 0.3) is 0 Å². The van der Waals surface area contributed by atoms with E-state index in [1.807, 2.05) is 0 Å². The van der Waals surface area contributed by atoms with E-state index in [9.17, 15) is 9.59 Å². The molecular weight excluding hydrogens is 256 g/mol. The minimum atomic E-state index is -0.186. The number of methoxy groups -OCH3 is 1. The third-order valence-corrected chi connectivity index (χ3v) is 4.59. The fraction of sp³-hybridized carbons (Fsp3) is 0.867. The molecular formula is C15H28N2O3. The van der Waals surface area contributed by atoms with Gasteiger partial charge in [-0.2, -0.15) is 0 Å². The zero-order valence-electron chi connectivity index (χ0n) is 13.0. The molecule has 0 aromatic heterocycles. The van der Waals surface area contributed by atoms with E-state index >= 15 is 0 Å². The Balaban J connectivity index is 2.85. The Kier molecular flexibility index (Phi) is 6.46. The molecule has 1 unspecified atom stereocenters. The maximum absolute atomic E-state index is 11.7. The fourth-order valence-electron chi connectivity index (χ4n) is 3.48. The Labute approximate surface area is 121 Å². The smallest absolute Gasteiger partial charge is 0.308 e. The molecule has 5 heteroatoms. The van der Waals surface area contributed by atoms with E-state index in [4.69, 9.17) is 10.5 Å². The highest BCUT2D eigenvalue weighted by molar-refractivity contribution is 5.74. The Bertz CT molecular complexity index is 342. The lowest BCUT2D eigenvalue weighted by Crippen LogP contribution is -2.48. The monoisotopic (exact) mass is 284 g/mol. The molecule has 1 aliphatic carbocycles. The van der Waals surface area contributed by atoms with Crippen molar-refractivity contribution < 1.29 is 14.3 Å². The Hall–Kier alpha value is -1.10. The quantitative estimate of drug-likeness (QED) is 0.723. The van der Waals surface area contributed by atoms with Crippen LogP contribution >= 0.6 is 0 Å². The van der Waals surface area contributed by atoms with E-state index in [2.05, 4.69) is 19.2 Å². The molecule has 0 radical (unpaired) electrons. The fourth-order valence-corrected chi connectivity index (χ4v) is 3.48. The molecule has 0 aromatic carbocycles. The average Bonchev–Trinajstić information content (AvgIpc) is 2.79. The van der Waals surface area contributed by atoms with Crippen LogP contribution in [0, 0.1) is 17.8 Å². The number of rotatable bonds is 6. The van der Waals surface area contributed by atoms with Crippen molar-refractivity contribution in [2.75, 3.05) is 7.11 Å². The van der Waals surface area contributed by atoms with Crippen LogP contribution in [-0.2, 0) is 14.3 Å². The highest BCUT2D eigenvalue weighted by atomic mass is 16.5. The van der Waals surface area contributed by atoms with Crippen molar-refractivity contribution in [2.45, 2.75) is 58.5 Å². The number of esters is 1. The van der Waals surface area contributed by atoms with E-state index in [-0.39, 0.29) is 35.8 Å². The van der Waals surface area contributed by atoms with Crippen molar-refractivity contribution in [2.24, 2.45) is 23.5 Å². The molecule has 0 aliphatic heterocycles. The van der Waals surface area contributed by atoms with Crippen LogP contribution in [0.3, 0.4) is 0 Å². The van der Waals surface area contributed by atoms with E-state index in [1.165, 1.54) is 14.0 Å². The van der Waals surface area contributed by atoms with Crippen LogP contribution < -0.4 is 11.1 Å². The van der Waals surface area contributed by atoms with Crippen LogP contribution in [0.4, 0.5) is 0 Å². The van der Waals surface area contributed by atoms with Crippen molar-refractivity contribution >= 4 is 11.9 Å². The topological polar surface area (TPSA) is 81.4 Å². The highest BCUT2D eigenvalue weighted by Gasteiger charge is 2.42. The van der Waals surface area contributed by atoms with Crippen LogP contribution in [0.15, 0.2) is 0 Å². The Morgan fingerprint density at radius 3 is 2.35 bits per heavy atom. The van der Waals surface area contributed by atoms with E-state index < -0.39 is 0 Å². The summed E-state index contributed by atoms with van der Waals surface area (Å²) in [5, 5.41) is 3.06. The third kappa shape index (κ3) is 3.95. The molecule has 1 fully saturated rings. The minimum Gasteiger partial charge on any atom is -0.469 e. The van der Waals surface area contributed by atoms with Gasteiger partial charge in [0, 0.05) is 19.0 Å². The number of nitrogens with one attached hydrogen (secondary N) is 1. The average molecular weight is 284 g/mol. The maximum Gasteiger partial charge on any atom is 0.308 e. The van der Waals surface area contributed by atoms with Gasteiger partial charge in [0.05, 0.1) is 13.0 Å². The predicted octanol–water partition coefficient (Wildman–Crippen LogP) is 1.45. The van der Waals surface area contributed by atoms with Crippen LogP contribution in [0.2, 0.25) is 0 Å². The summed E-state index contributed by atoms with van der Waals surface area (Å²) in [5.41, 5.74) is 6.23. The first-order chi connectivity index (χ1) is 9.44. The summed E-state index contributed by atoms with van der Waals surface area (Å²) in [4.78, 5) is 23.2. The number of ether oxygens (including phenoxy) is 1. The molecule has 1 rings (SSSR count). The summed E-state index contributed by atoms with van der Waals surface area (Å²) >= 11 is 0. The van der Waals surface area contributed by atoms with Gasteiger partial charge in [-0.05, 0) is 24.7 Å². The summed E-state index contributed by atoms with van der Waals surface area (Å²) in [6.07, 6.45) is 3.34. The zero-order chi connectivity index (χ0) is 15.3. The predicted molar refractivity (Wildman–Crippen MR) is 77.9 cm³/mol. The highest BCUT2D eigenvalue weighted by Crippen LogP contribution is 2.36. The van der Waals surface area contributed by atoms with Gasteiger partial charge < -0.3 is 15.8 Å². The van der Waals surface area contributed by atoms with Crippen molar-refractivity contribution in [3.8, 4) is 0 Å². The number of hydrogen-bond acceptors (Lipinski definition) is 4. The second kappa shape index (κ2) is 7.62. The van der Waals surface area contributed by atoms with Gasteiger partial charge in [-0.3, -0.25) is 9.59 Å². The Morgan fingerprint density at radius 1 is 1.30 bits per heavy atom. The molecule has 1 aliphatic rings. The lowest BCUT2D eigenvalue weighted by molar-refractivity contribution is -0.145. The van der Waals surface area contributed by atoms with Gasteiger partial charge in [0.2, 0.25) is 5.91 Å². The molecule has 0 aromatic rings. The van der Waals surface area contributed by atoms with E-state index in [0.717, 1.165) is 12.8 Å². The number of carbonyl (C=O) groups excluding carboxylic acids is 2. The number of amides is 1. The molecule has 0 bridgehead atoms. The second-order valence-electron chi connectivity index (χ2n) is 5.82. The van der Waals surface area contributed by atoms with E-state index in [1.54, 1.807) is 0 Å². The molecule has 4 atom stereocenters. The van der Waals surface area contributed by atoms with Crippen molar-refractivity contribution in [3.05, 3.63) is 0 Å². The molecule has 0 saturated heterocycles. The minimum absolute atomic E-state index is 0.0318. The maximum atomic E-state index is 11.7. The molecule has 3 N–H and O–H groups in total. The second-order valence-corrected chi connectivity index (χ2v) is 5.82. The molecule has 0 spiro atoms. The lowest BCUT2D eigenvalue weighted by Gasteiger charge is -2.33. The van der Waals surface area contributed by atoms with Gasteiger partial charge in [0.25, 0.3) is 0 Å². The summed E-state index contributed by atoms with van der Waals surface area (Å²) in [6, 6.07) is -0.0105. The molecule has 20 heavy (non-hydrogen) atoms. The van der Waals surface area contributed by atoms with Gasteiger partial charge >= 0.3 is 5.97 Å². The first-order valence-corrected chi connectivity index (χ1v) is 7.55. The van der Waals surface area contributed by atoms with Crippen LogP contribution in [-0.4, -0.2) is 31.1 Å². The normalized spacial score (nSPS) is 27.4. The lowest BCUT2D eigenvalue weighted by atomic mass is 9.82. The SMILES string of the molecule is CCC(CC)C(NC(C)=O)[C@@H]1C[C@@H](C(=O)OC)C[C@H]1N. The number of carbonyl (C=O) groups is 2. The molecule has 116 valence electrons. The summed E-state index contributed by atoms with van der Waals surface area (Å²) in [6.45, 7) is 5.79. The van der Waals surface area contributed by atoms with Gasteiger partial charge in [0.1, 0.15) is 0 Å². The molecule has 0 heterocycles. The summed E-state index contributed by atoms with van der Waals surface area (Å²) < 4.78 is 4.82. The van der Waals surface area contributed by atoms with Crippen molar-refractivity contribution in [3.63, 3.8) is 0 Å². The number of nitrogens with two attached hydrogens (primary N) is 1. The van der Waals surface area contributed by atoms with Crippen LogP contribution in [0.5, 0.6) is 0 Å². The largest absolute Gasteiger partial charge is 0.469 e. The summed E-state index contributed by atoms with van der Waals surface area (Å²) in [7, 11) is 1.41. The van der Waals surface area contributed by atoms with Gasteiger partial charge in [-0.15, -0.1) is 0 Å².